The summed E-state index contributed by atoms with van der Waals surface area (Å²) in [4.78, 5) is 52.6. The number of nitrogens with zero attached hydrogens (tertiary/aromatic N) is 2. The molecule has 0 spiro atoms. The van der Waals surface area contributed by atoms with Crippen LogP contribution in [0.3, 0.4) is 0 Å². The number of hydrogen-bond acceptors (Lipinski definition) is 9. The summed E-state index contributed by atoms with van der Waals surface area (Å²) in [5.41, 5.74) is 8.26. The molecule has 0 aliphatic rings. The Morgan fingerprint density at radius 3 is 1.98 bits per heavy atom. The zero-order valence-corrected chi connectivity index (χ0v) is 34.8. The van der Waals surface area contributed by atoms with Crippen LogP contribution in [0.4, 0.5) is 5.69 Å². The zero-order chi connectivity index (χ0) is 41.5. The highest BCUT2D eigenvalue weighted by molar-refractivity contribution is 6.39. The molecule has 4 heterocycles. The van der Waals surface area contributed by atoms with Crippen LogP contribution in [0.25, 0.3) is 11.1 Å². The van der Waals surface area contributed by atoms with Crippen LogP contribution in [0.5, 0.6) is 11.6 Å². The summed E-state index contributed by atoms with van der Waals surface area (Å²) in [6.07, 6.45) is 1.61. The van der Waals surface area contributed by atoms with Gasteiger partial charge in [0, 0.05) is 71.6 Å². The van der Waals surface area contributed by atoms with Crippen LogP contribution in [-0.2, 0) is 32.8 Å². The van der Waals surface area contributed by atoms with Gasteiger partial charge in [-0.25, -0.2) is 4.98 Å². The van der Waals surface area contributed by atoms with Crippen molar-refractivity contribution in [2.45, 2.75) is 60.5 Å². The van der Waals surface area contributed by atoms with E-state index in [9.17, 15) is 14.4 Å². The maximum absolute atomic E-state index is 13.2. The Balaban J connectivity index is 1.08. The molecule has 2 aromatic carbocycles. The molecule has 0 unspecified atom stereocenters. The van der Waals surface area contributed by atoms with Crippen molar-refractivity contribution >= 4 is 46.4 Å². The summed E-state index contributed by atoms with van der Waals surface area (Å²) in [7, 11) is 1.52. The molecule has 6 aromatic rings. The molecule has 300 valence electrons. The van der Waals surface area contributed by atoms with Crippen molar-refractivity contribution in [2.24, 2.45) is 0 Å². The minimum Gasteiger partial charge on any atom is -0.486 e. The lowest BCUT2D eigenvalue weighted by Gasteiger charge is -2.16. The van der Waals surface area contributed by atoms with Crippen molar-refractivity contribution in [3.05, 3.63) is 165 Å². The van der Waals surface area contributed by atoms with Gasteiger partial charge in [0.15, 0.2) is 0 Å². The lowest BCUT2D eigenvalue weighted by Crippen LogP contribution is -2.23. The van der Waals surface area contributed by atoms with Gasteiger partial charge in [0.25, 0.3) is 17.0 Å². The van der Waals surface area contributed by atoms with Gasteiger partial charge in [-0.1, -0.05) is 65.1 Å². The van der Waals surface area contributed by atoms with Crippen molar-refractivity contribution in [2.75, 3.05) is 12.4 Å². The number of amides is 1. The van der Waals surface area contributed by atoms with Gasteiger partial charge in [0.05, 0.1) is 27.9 Å². The molecule has 15 heteroatoms. The van der Waals surface area contributed by atoms with E-state index in [0.717, 1.165) is 28.1 Å². The lowest BCUT2D eigenvalue weighted by molar-refractivity contribution is 0.102. The molecule has 6 rings (SSSR count). The van der Waals surface area contributed by atoms with Gasteiger partial charge in [0.1, 0.15) is 23.7 Å². The summed E-state index contributed by atoms with van der Waals surface area (Å²) in [5.74, 6) is 0.286. The van der Waals surface area contributed by atoms with Crippen LogP contribution < -0.4 is 36.5 Å². The summed E-state index contributed by atoms with van der Waals surface area (Å²) in [5, 5.41) is 10.3. The number of hydrogen-bond donors (Lipinski definition) is 5. The number of halogens is 3. The Bertz CT molecular complexity index is 2590. The number of aryl methyl sites for hydroxylation is 4. The lowest BCUT2D eigenvalue weighted by atomic mass is 10.0. The number of aromatic amines is 2. The Morgan fingerprint density at radius 2 is 1.38 bits per heavy atom. The highest BCUT2D eigenvalue weighted by atomic mass is 35.5. The molecule has 1 amide bonds. The average molecular weight is 843 g/mol. The first-order chi connectivity index (χ1) is 27.8. The van der Waals surface area contributed by atoms with Crippen LogP contribution in [0, 0.1) is 27.7 Å². The second kappa shape index (κ2) is 18.8. The number of carbonyl (C=O) groups is 1. The smallest absolute Gasteiger partial charge is 0.274 e. The maximum Gasteiger partial charge on any atom is 0.274 e. The fourth-order valence-corrected chi connectivity index (χ4v) is 7.26. The minimum absolute atomic E-state index is 0.0120. The molecule has 0 radical (unpaired) electrons. The minimum atomic E-state index is -0.443. The molecule has 0 atom stereocenters. The first-order valence-electron chi connectivity index (χ1n) is 18.3. The predicted octanol–water partition coefficient (Wildman–Crippen LogP) is 8.13. The van der Waals surface area contributed by atoms with E-state index in [1.165, 1.54) is 7.11 Å². The monoisotopic (exact) mass is 841 g/mol. The Morgan fingerprint density at radius 1 is 0.759 bits per heavy atom. The number of pyridine rings is 4. The second-order valence-corrected chi connectivity index (χ2v) is 14.9. The molecular formula is C43H42Cl3N7O5. The SMILES string of the molecule is COc1nc(COc2cccc(-c3cccc(NC(=O)c4ccc(CNCc5c(C)cc(C)[nH]c5=O)cn4)c3Cl)c2Cl)c(Cl)cc1CNCc1c(C)cc(C)[nH]c1=O. The number of anilines is 1. The van der Waals surface area contributed by atoms with Gasteiger partial charge >= 0.3 is 0 Å². The topological polar surface area (TPSA) is 163 Å². The van der Waals surface area contributed by atoms with Gasteiger partial charge in [0.2, 0.25) is 5.88 Å². The summed E-state index contributed by atoms with van der Waals surface area (Å²) in [6.45, 7) is 9.07. The third-order valence-electron chi connectivity index (χ3n) is 9.44. The molecule has 0 fully saturated rings. The van der Waals surface area contributed by atoms with Gasteiger partial charge in [-0.2, -0.15) is 0 Å². The van der Waals surface area contributed by atoms with E-state index >= 15 is 0 Å². The molecule has 4 aromatic heterocycles. The Labute approximate surface area is 350 Å². The number of nitrogens with one attached hydrogen (secondary N) is 5. The number of H-pyrrole nitrogens is 2. The van der Waals surface area contributed by atoms with Crippen molar-refractivity contribution in [1.29, 1.82) is 0 Å². The van der Waals surface area contributed by atoms with E-state index in [1.807, 2.05) is 39.8 Å². The first kappa shape index (κ1) is 42.1. The van der Waals surface area contributed by atoms with E-state index < -0.39 is 5.91 Å². The molecule has 0 saturated heterocycles. The molecule has 5 N–H and O–H groups in total. The Hall–Kier alpha value is -5.50. The molecule has 0 saturated carbocycles. The summed E-state index contributed by atoms with van der Waals surface area (Å²) in [6, 6.07) is 19.6. The number of aromatic nitrogens is 4. The molecule has 58 heavy (non-hydrogen) atoms. The number of benzene rings is 2. The normalized spacial score (nSPS) is 11.1. The van der Waals surface area contributed by atoms with Crippen molar-refractivity contribution < 1.29 is 14.3 Å². The fraction of sp³-hybridized carbons (Fsp3) is 0.233. The largest absolute Gasteiger partial charge is 0.486 e. The number of ether oxygens (including phenoxy) is 2. The third kappa shape index (κ3) is 9.95. The quantitative estimate of drug-likeness (QED) is 0.0687. The van der Waals surface area contributed by atoms with Crippen molar-refractivity contribution in [3.8, 4) is 22.8 Å². The number of carbonyl (C=O) groups excluding carboxylic acids is 1. The highest BCUT2D eigenvalue weighted by Gasteiger charge is 2.18. The second-order valence-electron chi connectivity index (χ2n) is 13.8. The molecule has 12 nitrogen and oxygen atoms in total. The van der Waals surface area contributed by atoms with E-state index in [0.29, 0.717) is 87.1 Å². The highest BCUT2D eigenvalue weighted by Crippen LogP contribution is 2.41. The van der Waals surface area contributed by atoms with Crippen LogP contribution in [0.2, 0.25) is 15.1 Å². The van der Waals surface area contributed by atoms with Gasteiger partial charge in [-0.05, 0) is 80.8 Å². The van der Waals surface area contributed by atoms with Crippen LogP contribution >= 0.6 is 34.8 Å². The number of rotatable bonds is 15. The van der Waals surface area contributed by atoms with E-state index in [1.54, 1.807) is 60.8 Å². The standard InChI is InChI=1S/C43H42Cl3N7O5/c1-23-14-25(3)50-40(54)31(23)20-47-17-27-12-13-35(49-18-27)42(56)52-34-10-6-8-29(38(34)45)30-9-7-11-37(39(30)46)58-22-36-33(44)16-28(43(53-36)57-5)19-48-21-32-24(2)15-26(4)51-41(32)55/h6-16,18,47-48H,17,19-22H2,1-5H3,(H,50,54)(H,51,55)(H,52,56). The van der Waals surface area contributed by atoms with Gasteiger partial charge < -0.3 is 35.4 Å². The van der Waals surface area contributed by atoms with E-state index in [4.69, 9.17) is 44.3 Å². The predicted molar refractivity (Wildman–Crippen MR) is 228 cm³/mol. The Kier molecular flexibility index (Phi) is 13.7. The summed E-state index contributed by atoms with van der Waals surface area (Å²) < 4.78 is 11.7. The fourth-order valence-electron chi connectivity index (χ4n) is 6.47. The van der Waals surface area contributed by atoms with Crippen LogP contribution in [0.1, 0.15) is 61.0 Å². The average Bonchev–Trinajstić information content (AvgIpc) is 3.18. The first-order valence-corrected chi connectivity index (χ1v) is 19.4. The van der Waals surface area contributed by atoms with Crippen LogP contribution in [-0.4, -0.2) is 33.0 Å². The zero-order valence-electron chi connectivity index (χ0n) is 32.5. The van der Waals surface area contributed by atoms with Crippen LogP contribution in [0.15, 0.2) is 82.5 Å². The van der Waals surface area contributed by atoms with E-state index in [-0.39, 0.29) is 28.4 Å². The molecule has 0 aliphatic carbocycles. The van der Waals surface area contributed by atoms with E-state index in [2.05, 4.69) is 35.9 Å². The third-order valence-corrected chi connectivity index (χ3v) is 10.6. The van der Waals surface area contributed by atoms with Gasteiger partial charge in [-0.15, -0.1) is 0 Å². The molecule has 0 bridgehead atoms. The molecular weight excluding hydrogens is 801 g/mol. The molecule has 0 aliphatic heterocycles. The van der Waals surface area contributed by atoms with Crippen molar-refractivity contribution in [1.82, 2.24) is 30.6 Å². The van der Waals surface area contributed by atoms with Gasteiger partial charge in [-0.3, -0.25) is 19.4 Å². The number of methoxy groups -OCH3 is 1. The summed E-state index contributed by atoms with van der Waals surface area (Å²) >= 11 is 20.4. The van der Waals surface area contributed by atoms with Crippen molar-refractivity contribution in [3.63, 3.8) is 0 Å². The maximum atomic E-state index is 13.2.